The number of rotatable bonds is 10. The van der Waals surface area contributed by atoms with Crippen molar-refractivity contribution in [1.82, 2.24) is 0 Å². The van der Waals surface area contributed by atoms with Gasteiger partial charge < -0.3 is 39.7 Å². The quantitative estimate of drug-likeness (QED) is 0.229. The van der Waals surface area contributed by atoms with E-state index in [0.29, 0.717) is 12.8 Å². The second kappa shape index (κ2) is 9.87. The molecule has 0 spiro atoms. The molecular formula is C14H24O10. The fourth-order valence-electron chi connectivity index (χ4n) is 2.45. The first-order valence-corrected chi connectivity index (χ1v) is 7.56. The minimum Gasteiger partial charge on any atom is -0.481 e. The Kier molecular flexibility index (Phi) is 8.53. The number of aliphatic hydroxyl groups is 3. The Morgan fingerprint density at radius 1 is 1.12 bits per heavy atom. The number of methoxy groups -OCH3 is 1. The highest BCUT2D eigenvalue weighted by Gasteiger charge is 2.45. The maximum absolute atomic E-state index is 10.7. The molecule has 0 aliphatic carbocycles. The predicted octanol–water partition coefficient (Wildman–Crippen LogP) is -1.59. The summed E-state index contributed by atoms with van der Waals surface area (Å²) in [6.45, 7) is -0.399. The first-order chi connectivity index (χ1) is 11.3. The highest BCUT2D eigenvalue weighted by atomic mass is 16.7. The van der Waals surface area contributed by atoms with Gasteiger partial charge in [-0.15, -0.1) is 0 Å². The Morgan fingerprint density at radius 2 is 1.75 bits per heavy atom. The summed E-state index contributed by atoms with van der Waals surface area (Å²) in [5, 5.41) is 46.4. The van der Waals surface area contributed by atoms with Crippen LogP contribution in [-0.4, -0.2) is 88.5 Å². The molecule has 0 radical (unpaired) electrons. The van der Waals surface area contributed by atoms with Crippen LogP contribution in [0, 0.1) is 5.92 Å². The van der Waals surface area contributed by atoms with Crippen LogP contribution in [0.1, 0.15) is 19.3 Å². The normalized spacial score (nSPS) is 30.5. The van der Waals surface area contributed by atoms with Crippen LogP contribution in [-0.2, 0) is 23.8 Å². The standard InChI is InChI=1S/C14H24O10/c1-22-14-11(10(17)9(16)8(6-15)24-14)23-5-3-2-4-7(12(18)19)13(20)21/h7-11,14-17H,2-6H2,1H3,(H,18,19)(H,20,21)/t8-,9-,10+,11-,14+/m1/s1. The largest absolute Gasteiger partial charge is 0.481 e. The van der Waals surface area contributed by atoms with E-state index in [4.69, 9.17) is 29.5 Å². The van der Waals surface area contributed by atoms with E-state index in [1.165, 1.54) is 7.11 Å². The number of aliphatic carboxylic acids is 2. The zero-order valence-electron chi connectivity index (χ0n) is 13.3. The summed E-state index contributed by atoms with van der Waals surface area (Å²) in [5.41, 5.74) is 0. The molecule has 10 nitrogen and oxygen atoms in total. The van der Waals surface area contributed by atoms with E-state index in [1.54, 1.807) is 0 Å². The molecule has 0 aromatic carbocycles. The number of hydrogen-bond donors (Lipinski definition) is 5. The number of unbranched alkanes of at least 4 members (excludes halogenated alkanes) is 1. The summed E-state index contributed by atoms with van der Waals surface area (Å²) in [5.74, 6) is -4.25. The van der Waals surface area contributed by atoms with Gasteiger partial charge in [0.05, 0.1) is 6.61 Å². The fourth-order valence-corrected chi connectivity index (χ4v) is 2.45. The van der Waals surface area contributed by atoms with Crippen molar-refractivity contribution < 1.29 is 49.3 Å². The number of ether oxygens (including phenoxy) is 3. The lowest BCUT2D eigenvalue weighted by molar-refractivity contribution is -0.303. The van der Waals surface area contributed by atoms with Gasteiger partial charge in [-0.25, -0.2) is 0 Å². The zero-order valence-corrected chi connectivity index (χ0v) is 13.3. The molecule has 0 bridgehead atoms. The van der Waals surface area contributed by atoms with Crippen molar-refractivity contribution in [3.63, 3.8) is 0 Å². The van der Waals surface area contributed by atoms with Crippen molar-refractivity contribution in [2.24, 2.45) is 5.92 Å². The van der Waals surface area contributed by atoms with Crippen molar-refractivity contribution in [3.05, 3.63) is 0 Å². The van der Waals surface area contributed by atoms with Crippen LogP contribution >= 0.6 is 0 Å². The van der Waals surface area contributed by atoms with E-state index in [0.717, 1.165) is 0 Å². The first kappa shape index (κ1) is 20.7. The molecule has 5 atom stereocenters. The molecular weight excluding hydrogens is 328 g/mol. The van der Waals surface area contributed by atoms with Crippen LogP contribution in [0.2, 0.25) is 0 Å². The maximum atomic E-state index is 10.7. The van der Waals surface area contributed by atoms with E-state index in [9.17, 15) is 19.8 Å². The molecule has 10 heteroatoms. The number of carbonyl (C=O) groups is 2. The molecule has 0 unspecified atom stereocenters. The first-order valence-electron chi connectivity index (χ1n) is 7.56. The summed E-state index contributed by atoms with van der Waals surface area (Å²) >= 11 is 0. The van der Waals surface area contributed by atoms with E-state index in [1.807, 2.05) is 0 Å². The molecule has 1 aliphatic heterocycles. The summed E-state index contributed by atoms with van der Waals surface area (Å²) in [6.07, 6.45) is -5.00. The van der Waals surface area contributed by atoms with Gasteiger partial charge in [-0.1, -0.05) is 0 Å². The third-order valence-corrected chi connectivity index (χ3v) is 3.85. The molecule has 0 aromatic rings. The second-order valence-electron chi connectivity index (χ2n) is 5.50. The minimum absolute atomic E-state index is 0.0410. The van der Waals surface area contributed by atoms with Crippen LogP contribution in [0.5, 0.6) is 0 Å². The Balaban J connectivity index is 2.42. The second-order valence-corrected chi connectivity index (χ2v) is 5.50. The van der Waals surface area contributed by atoms with Gasteiger partial charge >= 0.3 is 11.9 Å². The van der Waals surface area contributed by atoms with Crippen molar-refractivity contribution in [2.75, 3.05) is 20.3 Å². The number of aliphatic hydroxyl groups excluding tert-OH is 3. The molecule has 1 aliphatic rings. The van der Waals surface area contributed by atoms with Gasteiger partial charge in [0.15, 0.2) is 12.2 Å². The SMILES string of the molecule is CO[C@H]1O[C@H](CO)[C@@H](O)[C@H](O)[C@H]1OCCCCC(C(=O)O)C(=O)O. The van der Waals surface area contributed by atoms with Crippen LogP contribution in [0.3, 0.4) is 0 Å². The lowest BCUT2D eigenvalue weighted by atomic mass is 9.99. The third-order valence-electron chi connectivity index (χ3n) is 3.85. The van der Waals surface area contributed by atoms with E-state index < -0.39 is 55.2 Å². The van der Waals surface area contributed by atoms with Crippen LogP contribution in [0.25, 0.3) is 0 Å². The average Bonchev–Trinajstić information content (AvgIpc) is 2.53. The van der Waals surface area contributed by atoms with E-state index in [-0.39, 0.29) is 13.0 Å². The van der Waals surface area contributed by atoms with Crippen molar-refractivity contribution in [2.45, 2.75) is 50.0 Å². The molecule has 1 saturated heterocycles. The van der Waals surface area contributed by atoms with Gasteiger partial charge in [-0.05, 0) is 19.3 Å². The summed E-state index contributed by atoms with van der Waals surface area (Å²) in [4.78, 5) is 21.5. The fraction of sp³-hybridized carbons (Fsp3) is 0.857. The number of carboxylic acids is 2. The zero-order chi connectivity index (χ0) is 18.3. The molecule has 1 fully saturated rings. The Hall–Kier alpha value is -1.30. The molecule has 1 rings (SSSR count). The lowest BCUT2D eigenvalue weighted by Crippen LogP contribution is -2.59. The van der Waals surface area contributed by atoms with Crippen LogP contribution < -0.4 is 0 Å². The molecule has 140 valence electrons. The monoisotopic (exact) mass is 352 g/mol. The topological polar surface area (TPSA) is 163 Å². The smallest absolute Gasteiger partial charge is 0.317 e. The maximum Gasteiger partial charge on any atom is 0.317 e. The van der Waals surface area contributed by atoms with Gasteiger partial charge in [0.25, 0.3) is 0 Å². The van der Waals surface area contributed by atoms with E-state index >= 15 is 0 Å². The van der Waals surface area contributed by atoms with Crippen molar-refractivity contribution in [1.29, 1.82) is 0 Å². The molecule has 0 aromatic heterocycles. The van der Waals surface area contributed by atoms with E-state index in [2.05, 4.69) is 0 Å². The molecule has 24 heavy (non-hydrogen) atoms. The third kappa shape index (κ3) is 5.36. The lowest BCUT2D eigenvalue weighted by Gasteiger charge is -2.41. The molecule has 1 heterocycles. The van der Waals surface area contributed by atoms with Gasteiger partial charge in [0, 0.05) is 13.7 Å². The average molecular weight is 352 g/mol. The molecule has 0 saturated carbocycles. The number of hydrogen-bond acceptors (Lipinski definition) is 8. The highest BCUT2D eigenvalue weighted by Crippen LogP contribution is 2.24. The Labute approximate surface area is 138 Å². The van der Waals surface area contributed by atoms with Gasteiger partial charge in [-0.3, -0.25) is 9.59 Å². The molecule has 0 amide bonds. The Morgan fingerprint density at radius 3 is 2.25 bits per heavy atom. The van der Waals surface area contributed by atoms with Gasteiger partial charge in [0.2, 0.25) is 0 Å². The summed E-state index contributed by atoms with van der Waals surface area (Å²) in [6, 6.07) is 0. The predicted molar refractivity (Wildman–Crippen MR) is 77.1 cm³/mol. The minimum atomic E-state index is -1.47. The van der Waals surface area contributed by atoms with Gasteiger partial charge in [0.1, 0.15) is 24.4 Å². The van der Waals surface area contributed by atoms with Crippen LogP contribution in [0.15, 0.2) is 0 Å². The van der Waals surface area contributed by atoms with Gasteiger partial charge in [-0.2, -0.15) is 0 Å². The summed E-state index contributed by atoms with van der Waals surface area (Å²) in [7, 11) is 1.32. The van der Waals surface area contributed by atoms with Crippen molar-refractivity contribution in [3.8, 4) is 0 Å². The summed E-state index contributed by atoms with van der Waals surface area (Å²) < 4.78 is 15.7. The van der Waals surface area contributed by atoms with Crippen molar-refractivity contribution >= 4 is 11.9 Å². The Bertz CT molecular complexity index is 398. The molecule has 5 N–H and O–H groups in total. The highest BCUT2D eigenvalue weighted by molar-refractivity contribution is 5.92. The van der Waals surface area contributed by atoms with Crippen LogP contribution in [0.4, 0.5) is 0 Å². The number of carboxylic acid groups (broad SMARTS) is 2.